The average molecular weight is 280 g/mol. The molecule has 1 aliphatic rings. The maximum atomic E-state index is 11.3. The highest BCUT2D eigenvalue weighted by Crippen LogP contribution is 2.43. The van der Waals surface area contributed by atoms with E-state index in [0.717, 1.165) is 6.29 Å². The molecule has 0 aliphatic carbocycles. The Labute approximate surface area is 114 Å². The molecule has 0 spiro atoms. The van der Waals surface area contributed by atoms with Gasteiger partial charge in [0.05, 0.1) is 0 Å². The third kappa shape index (κ3) is 2.47. The van der Waals surface area contributed by atoms with E-state index in [-0.39, 0.29) is 11.8 Å². The Bertz CT molecular complexity index is 503. The average Bonchev–Trinajstić information content (AvgIpc) is 2.74. The lowest BCUT2D eigenvalue weighted by Crippen LogP contribution is -2.44. The fourth-order valence-corrected chi connectivity index (χ4v) is 2.64. The van der Waals surface area contributed by atoms with Crippen LogP contribution in [0.3, 0.4) is 0 Å². The predicted octanol–water partition coefficient (Wildman–Crippen LogP) is 3.61. The van der Waals surface area contributed by atoms with Gasteiger partial charge in [0.25, 0.3) is 8.32 Å². The van der Waals surface area contributed by atoms with Crippen molar-refractivity contribution in [3.63, 3.8) is 0 Å². The molecule has 1 heterocycles. The Morgan fingerprint density at radius 3 is 2.53 bits per heavy atom. The van der Waals surface area contributed by atoms with Crippen LogP contribution in [0.2, 0.25) is 18.1 Å². The molecular formula is C14H20O4Si. The fraction of sp³-hybridized carbons (Fsp3) is 0.500. The van der Waals surface area contributed by atoms with E-state index in [2.05, 4.69) is 33.9 Å². The second kappa shape index (κ2) is 4.56. The normalized spacial score (nSPS) is 14.4. The molecule has 0 amide bonds. The van der Waals surface area contributed by atoms with Crippen LogP contribution in [0.1, 0.15) is 31.1 Å². The summed E-state index contributed by atoms with van der Waals surface area (Å²) >= 11 is 0. The van der Waals surface area contributed by atoms with E-state index in [9.17, 15) is 4.79 Å². The van der Waals surface area contributed by atoms with E-state index in [4.69, 9.17) is 13.9 Å². The lowest BCUT2D eigenvalue weighted by atomic mass is 10.2. The summed E-state index contributed by atoms with van der Waals surface area (Å²) < 4.78 is 16.8. The first-order valence-corrected chi connectivity index (χ1v) is 9.24. The third-order valence-corrected chi connectivity index (χ3v) is 8.17. The predicted molar refractivity (Wildman–Crippen MR) is 75.8 cm³/mol. The van der Waals surface area contributed by atoms with Gasteiger partial charge in [-0.3, -0.25) is 4.79 Å². The molecule has 5 heteroatoms. The Balaban J connectivity index is 2.39. The van der Waals surface area contributed by atoms with Gasteiger partial charge in [-0.05, 0) is 30.3 Å². The van der Waals surface area contributed by atoms with Crippen molar-refractivity contribution < 1.29 is 18.7 Å². The topological polar surface area (TPSA) is 44.8 Å². The molecule has 19 heavy (non-hydrogen) atoms. The Morgan fingerprint density at radius 1 is 1.26 bits per heavy atom. The van der Waals surface area contributed by atoms with Crippen molar-refractivity contribution in [3.05, 3.63) is 17.7 Å². The number of carbonyl (C=O) groups excluding carboxylic acids is 1. The summed E-state index contributed by atoms with van der Waals surface area (Å²) in [6.07, 6.45) is 0.774. The van der Waals surface area contributed by atoms with Crippen molar-refractivity contribution >= 4 is 14.6 Å². The molecule has 1 aromatic carbocycles. The molecule has 0 unspecified atom stereocenters. The zero-order valence-electron chi connectivity index (χ0n) is 12.1. The maximum absolute atomic E-state index is 11.3. The number of carbonyl (C=O) groups is 1. The van der Waals surface area contributed by atoms with Crippen LogP contribution < -0.4 is 13.9 Å². The van der Waals surface area contributed by atoms with Gasteiger partial charge in [-0.2, -0.15) is 0 Å². The molecule has 0 aromatic heterocycles. The highest BCUT2D eigenvalue weighted by molar-refractivity contribution is 6.74. The molecular weight excluding hydrogens is 260 g/mol. The maximum Gasteiger partial charge on any atom is 0.250 e. The number of benzene rings is 1. The largest absolute Gasteiger partial charge is 0.543 e. The number of rotatable bonds is 3. The van der Waals surface area contributed by atoms with Gasteiger partial charge in [0.2, 0.25) is 6.79 Å². The van der Waals surface area contributed by atoms with Crippen molar-refractivity contribution in [2.45, 2.75) is 38.9 Å². The van der Waals surface area contributed by atoms with Crippen molar-refractivity contribution in [1.82, 2.24) is 0 Å². The van der Waals surface area contributed by atoms with Gasteiger partial charge in [0, 0.05) is 0 Å². The van der Waals surface area contributed by atoms with Crippen molar-refractivity contribution in [2.24, 2.45) is 0 Å². The van der Waals surface area contributed by atoms with Crippen LogP contribution in [-0.2, 0) is 0 Å². The lowest BCUT2D eigenvalue weighted by molar-refractivity contribution is 0.111. The Morgan fingerprint density at radius 2 is 1.95 bits per heavy atom. The molecule has 0 saturated heterocycles. The molecule has 0 N–H and O–H groups in total. The number of ether oxygens (including phenoxy) is 2. The monoisotopic (exact) mass is 280 g/mol. The van der Waals surface area contributed by atoms with Gasteiger partial charge >= 0.3 is 0 Å². The number of aldehydes is 1. The Hall–Kier alpha value is -1.49. The van der Waals surface area contributed by atoms with Gasteiger partial charge in [-0.1, -0.05) is 20.8 Å². The van der Waals surface area contributed by atoms with Gasteiger partial charge in [-0.15, -0.1) is 0 Å². The van der Waals surface area contributed by atoms with Crippen LogP contribution in [0.25, 0.3) is 0 Å². The molecule has 1 aliphatic heterocycles. The molecule has 2 rings (SSSR count). The lowest BCUT2D eigenvalue weighted by Gasteiger charge is -2.36. The van der Waals surface area contributed by atoms with Crippen LogP contribution in [0.15, 0.2) is 12.1 Å². The van der Waals surface area contributed by atoms with Crippen LogP contribution in [0.5, 0.6) is 17.2 Å². The summed E-state index contributed by atoms with van der Waals surface area (Å²) in [5.74, 6) is 1.68. The van der Waals surface area contributed by atoms with Crippen LogP contribution >= 0.6 is 0 Å². The van der Waals surface area contributed by atoms with Crippen molar-refractivity contribution in [3.8, 4) is 17.2 Å². The second-order valence-electron chi connectivity index (χ2n) is 6.19. The number of hydrogen-bond donors (Lipinski definition) is 0. The molecule has 0 radical (unpaired) electrons. The summed E-state index contributed by atoms with van der Waals surface area (Å²) in [7, 11) is -1.98. The molecule has 1 aromatic rings. The van der Waals surface area contributed by atoms with E-state index in [1.165, 1.54) is 0 Å². The molecule has 104 valence electrons. The van der Waals surface area contributed by atoms with Gasteiger partial charge in [0.1, 0.15) is 11.3 Å². The summed E-state index contributed by atoms with van der Waals surface area (Å²) in [5.41, 5.74) is 0.444. The minimum Gasteiger partial charge on any atom is -0.543 e. The fourth-order valence-electron chi connectivity index (χ4n) is 1.60. The Kier molecular flexibility index (Phi) is 3.34. The third-order valence-electron chi connectivity index (χ3n) is 3.83. The summed E-state index contributed by atoms with van der Waals surface area (Å²) in [6.45, 7) is 10.9. The zero-order valence-corrected chi connectivity index (χ0v) is 13.1. The van der Waals surface area contributed by atoms with E-state index in [1.54, 1.807) is 12.1 Å². The van der Waals surface area contributed by atoms with Gasteiger partial charge in [0.15, 0.2) is 17.8 Å². The van der Waals surface area contributed by atoms with Crippen LogP contribution in [0, 0.1) is 0 Å². The van der Waals surface area contributed by atoms with E-state index in [1.807, 2.05) is 0 Å². The second-order valence-corrected chi connectivity index (χ2v) is 10.9. The standard InChI is InChI=1S/C14H20O4Si/c1-14(2,3)19(4,5)18-11-6-7-12-13(10(11)8-15)17-9-16-12/h6-8H,9H2,1-5H3. The van der Waals surface area contributed by atoms with Gasteiger partial charge < -0.3 is 13.9 Å². The molecule has 0 atom stereocenters. The first-order valence-electron chi connectivity index (χ1n) is 6.33. The van der Waals surface area contributed by atoms with E-state index in [0.29, 0.717) is 22.8 Å². The quantitative estimate of drug-likeness (QED) is 0.626. The first kappa shape index (κ1) is 13.9. The van der Waals surface area contributed by atoms with E-state index < -0.39 is 8.32 Å². The minimum atomic E-state index is -1.98. The summed E-state index contributed by atoms with van der Waals surface area (Å²) in [5, 5.41) is 0.0729. The molecule has 4 nitrogen and oxygen atoms in total. The first-order chi connectivity index (χ1) is 8.76. The van der Waals surface area contributed by atoms with Crippen molar-refractivity contribution in [2.75, 3.05) is 6.79 Å². The highest BCUT2D eigenvalue weighted by atomic mass is 28.4. The summed E-state index contributed by atoms with van der Waals surface area (Å²) in [6, 6.07) is 3.58. The van der Waals surface area contributed by atoms with Crippen molar-refractivity contribution in [1.29, 1.82) is 0 Å². The molecule has 0 saturated carbocycles. The van der Waals surface area contributed by atoms with Crippen LogP contribution in [-0.4, -0.2) is 21.4 Å². The molecule has 0 bridgehead atoms. The van der Waals surface area contributed by atoms with Gasteiger partial charge in [-0.25, -0.2) is 0 Å². The van der Waals surface area contributed by atoms with Crippen LogP contribution in [0.4, 0.5) is 0 Å². The zero-order chi connectivity index (χ0) is 14.3. The number of fused-ring (bicyclic) bond motifs is 1. The molecule has 0 fully saturated rings. The minimum absolute atomic E-state index is 0.0729. The SMILES string of the molecule is CC(C)(C)[Si](C)(C)Oc1ccc2c(c1C=O)OCO2. The highest BCUT2D eigenvalue weighted by Gasteiger charge is 2.40. The summed E-state index contributed by atoms with van der Waals surface area (Å²) in [4.78, 5) is 11.3. The van der Waals surface area contributed by atoms with E-state index >= 15 is 0 Å². The smallest absolute Gasteiger partial charge is 0.250 e. The number of hydrogen-bond acceptors (Lipinski definition) is 4.